The van der Waals surface area contributed by atoms with E-state index in [0.29, 0.717) is 23.5 Å². The Morgan fingerprint density at radius 2 is 1.56 bits per heavy atom. The number of hydrogen-bond acceptors (Lipinski definition) is 4. The zero-order valence-electron chi connectivity index (χ0n) is 17.0. The Morgan fingerprint density at radius 3 is 2.25 bits per heavy atom. The quantitative estimate of drug-likeness (QED) is 0.344. The van der Waals surface area contributed by atoms with Gasteiger partial charge in [-0.15, -0.1) is 0 Å². The molecule has 7 heteroatoms. The fourth-order valence-corrected chi connectivity index (χ4v) is 3.68. The van der Waals surface area contributed by atoms with Crippen LogP contribution in [0.4, 0.5) is 5.69 Å². The van der Waals surface area contributed by atoms with Gasteiger partial charge >= 0.3 is 0 Å². The summed E-state index contributed by atoms with van der Waals surface area (Å²) in [5, 5.41) is 5.76. The third-order valence-corrected chi connectivity index (χ3v) is 5.67. The van der Waals surface area contributed by atoms with E-state index in [-0.39, 0.29) is 11.8 Å². The van der Waals surface area contributed by atoms with Crippen LogP contribution in [0, 0.1) is 3.57 Å². The molecule has 32 heavy (non-hydrogen) atoms. The maximum Gasteiger partial charge on any atom is 0.270 e. The van der Waals surface area contributed by atoms with Crippen molar-refractivity contribution in [3.05, 3.63) is 112 Å². The van der Waals surface area contributed by atoms with Crippen molar-refractivity contribution < 1.29 is 9.59 Å². The molecule has 2 aromatic heterocycles. The Labute approximate surface area is 199 Å². The average Bonchev–Trinajstić information content (AvgIpc) is 2.85. The van der Waals surface area contributed by atoms with Gasteiger partial charge in [0.2, 0.25) is 0 Å². The molecule has 0 atom stereocenters. The first-order chi connectivity index (χ1) is 15.6. The molecule has 0 saturated heterocycles. The van der Waals surface area contributed by atoms with Gasteiger partial charge in [-0.1, -0.05) is 24.3 Å². The highest BCUT2D eigenvalue weighted by atomic mass is 127. The molecule has 2 heterocycles. The van der Waals surface area contributed by atoms with Gasteiger partial charge < -0.3 is 10.6 Å². The fourth-order valence-electron chi connectivity index (χ4n) is 3.07. The average molecular weight is 534 g/mol. The SMILES string of the molecule is O=C(Nc1ccc(I)c(-c2ccccn2)c1)c1ccc(CNC(=O)c2ccccn2)cc1. The lowest BCUT2D eigenvalue weighted by molar-refractivity contribution is 0.0945. The van der Waals surface area contributed by atoms with Crippen LogP contribution >= 0.6 is 22.6 Å². The third-order valence-electron chi connectivity index (χ3n) is 4.73. The van der Waals surface area contributed by atoms with E-state index in [0.717, 1.165) is 20.4 Å². The highest BCUT2D eigenvalue weighted by molar-refractivity contribution is 14.1. The summed E-state index contributed by atoms with van der Waals surface area (Å²) in [5.74, 6) is -0.447. The molecule has 0 saturated carbocycles. The molecule has 2 amide bonds. The van der Waals surface area contributed by atoms with E-state index < -0.39 is 0 Å². The molecule has 6 nitrogen and oxygen atoms in total. The lowest BCUT2D eigenvalue weighted by Gasteiger charge is -2.10. The van der Waals surface area contributed by atoms with Crippen molar-refractivity contribution in [2.45, 2.75) is 6.54 Å². The maximum absolute atomic E-state index is 12.7. The molecule has 2 aromatic carbocycles. The number of carbonyl (C=O) groups is 2. The molecule has 4 rings (SSSR count). The van der Waals surface area contributed by atoms with E-state index in [1.54, 1.807) is 42.7 Å². The number of carbonyl (C=O) groups excluding carboxylic acids is 2. The number of nitrogens with zero attached hydrogens (tertiary/aromatic N) is 2. The van der Waals surface area contributed by atoms with E-state index in [1.165, 1.54) is 0 Å². The highest BCUT2D eigenvalue weighted by Crippen LogP contribution is 2.27. The summed E-state index contributed by atoms with van der Waals surface area (Å²) in [7, 11) is 0. The van der Waals surface area contributed by atoms with Gasteiger partial charge in [-0.2, -0.15) is 0 Å². The lowest BCUT2D eigenvalue weighted by Crippen LogP contribution is -2.23. The van der Waals surface area contributed by atoms with Gasteiger partial charge in [0.25, 0.3) is 11.8 Å². The number of rotatable bonds is 6. The monoisotopic (exact) mass is 534 g/mol. The van der Waals surface area contributed by atoms with Crippen LogP contribution in [0.1, 0.15) is 26.4 Å². The molecule has 2 N–H and O–H groups in total. The van der Waals surface area contributed by atoms with Gasteiger partial charge in [0.15, 0.2) is 0 Å². The van der Waals surface area contributed by atoms with Crippen LogP contribution in [0.3, 0.4) is 0 Å². The zero-order valence-corrected chi connectivity index (χ0v) is 19.1. The van der Waals surface area contributed by atoms with Crippen molar-refractivity contribution in [2.75, 3.05) is 5.32 Å². The molecular weight excluding hydrogens is 515 g/mol. The molecule has 0 bridgehead atoms. The molecule has 0 aliphatic carbocycles. The Hall–Kier alpha value is -3.59. The first kappa shape index (κ1) is 21.6. The van der Waals surface area contributed by atoms with Crippen molar-refractivity contribution >= 4 is 40.1 Å². The predicted molar refractivity (Wildman–Crippen MR) is 132 cm³/mol. The number of pyridine rings is 2. The number of amides is 2. The van der Waals surface area contributed by atoms with Crippen molar-refractivity contribution in [1.29, 1.82) is 0 Å². The number of benzene rings is 2. The van der Waals surface area contributed by atoms with E-state index in [9.17, 15) is 9.59 Å². The second-order valence-corrected chi connectivity index (χ2v) is 8.12. The van der Waals surface area contributed by atoms with E-state index in [1.807, 2.05) is 48.5 Å². The minimum atomic E-state index is -0.241. The third kappa shape index (κ3) is 5.36. The van der Waals surface area contributed by atoms with Crippen LogP contribution in [0.25, 0.3) is 11.3 Å². The summed E-state index contributed by atoms with van der Waals surface area (Å²) in [6.07, 6.45) is 3.33. The lowest BCUT2D eigenvalue weighted by atomic mass is 10.1. The number of hydrogen-bond donors (Lipinski definition) is 2. The maximum atomic E-state index is 12.7. The Balaban J connectivity index is 1.39. The smallest absolute Gasteiger partial charge is 0.270 e. The van der Waals surface area contributed by atoms with Gasteiger partial charge in [0, 0.05) is 39.3 Å². The predicted octanol–water partition coefficient (Wildman–Crippen LogP) is 4.93. The fraction of sp³-hybridized carbons (Fsp3) is 0.0400. The molecule has 0 fully saturated rings. The molecule has 4 aromatic rings. The Kier molecular flexibility index (Phi) is 6.86. The standard InChI is InChI=1S/C25H19IN4O2/c26-21-12-11-19(15-20(21)22-5-1-3-13-27-22)30-24(31)18-9-7-17(8-10-18)16-29-25(32)23-6-2-4-14-28-23/h1-15H,16H2,(H,29,32)(H,30,31). The van der Waals surface area contributed by atoms with E-state index in [2.05, 4.69) is 43.2 Å². The zero-order chi connectivity index (χ0) is 22.3. The molecule has 0 radical (unpaired) electrons. The Bertz CT molecular complexity index is 1230. The minimum absolute atomic E-state index is 0.206. The molecule has 0 unspecified atom stereocenters. The highest BCUT2D eigenvalue weighted by Gasteiger charge is 2.10. The second-order valence-electron chi connectivity index (χ2n) is 6.96. The van der Waals surface area contributed by atoms with Crippen molar-refractivity contribution in [2.24, 2.45) is 0 Å². The Morgan fingerprint density at radius 1 is 0.812 bits per heavy atom. The van der Waals surface area contributed by atoms with Gasteiger partial charge in [0.1, 0.15) is 5.69 Å². The number of anilines is 1. The molecule has 158 valence electrons. The topological polar surface area (TPSA) is 84.0 Å². The van der Waals surface area contributed by atoms with Crippen molar-refractivity contribution in [3.63, 3.8) is 0 Å². The molecule has 0 aliphatic heterocycles. The molecular formula is C25H19IN4O2. The van der Waals surface area contributed by atoms with Gasteiger partial charge in [0.05, 0.1) is 5.69 Å². The van der Waals surface area contributed by atoms with Gasteiger partial charge in [-0.3, -0.25) is 19.6 Å². The largest absolute Gasteiger partial charge is 0.347 e. The number of aromatic nitrogens is 2. The summed E-state index contributed by atoms with van der Waals surface area (Å²) in [6, 6.07) is 23.8. The van der Waals surface area contributed by atoms with Crippen LogP contribution in [0.5, 0.6) is 0 Å². The van der Waals surface area contributed by atoms with Crippen molar-refractivity contribution in [1.82, 2.24) is 15.3 Å². The number of halogens is 1. The van der Waals surface area contributed by atoms with Crippen LogP contribution in [-0.4, -0.2) is 21.8 Å². The van der Waals surface area contributed by atoms with E-state index in [4.69, 9.17) is 0 Å². The summed E-state index contributed by atoms with van der Waals surface area (Å²) >= 11 is 2.26. The summed E-state index contributed by atoms with van der Waals surface area (Å²) in [4.78, 5) is 33.2. The van der Waals surface area contributed by atoms with Crippen LogP contribution in [0.2, 0.25) is 0 Å². The molecule has 0 aliphatic rings. The first-order valence-electron chi connectivity index (χ1n) is 9.90. The molecule has 0 spiro atoms. The summed E-state index contributed by atoms with van der Waals surface area (Å²) in [5.41, 5.74) is 4.29. The minimum Gasteiger partial charge on any atom is -0.347 e. The van der Waals surface area contributed by atoms with Crippen molar-refractivity contribution in [3.8, 4) is 11.3 Å². The van der Waals surface area contributed by atoms with Crippen LogP contribution in [0.15, 0.2) is 91.3 Å². The first-order valence-corrected chi connectivity index (χ1v) is 11.0. The normalized spacial score (nSPS) is 10.4. The van der Waals surface area contributed by atoms with Crippen LogP contribution < -0.4 is 10.6 Å². The summed E-state index contributed by atoms with van der Waals surface area (Å²) < 4.78 is 1.05. The van der Waals surface area contributed by atoms with Crippen LogP contribution in [-0.2, 0) is 6.54 Å². The summed E-state index contributed by atoms with van der Waals surface area (Å²) in [6.45, 7) is 0.349. The van der Waals surface area contributed by atoms with E-state index >= 15 is 0 Å². The van der Waals surface area contributed by atoms with Gasteiger partial charge in [-0.05, 0) is 82.8 Å². The number of nitrogens with one attached hydrogen (secondary N) is 2. The van der Waals surface area contributed by atoms with Gasteiger partial charge in [-0.25, -0.2) is 0 Å². The second kappa shape index (κ2) is 10.1.